The highest BCUT2D eigenvalue weighted by Gasteiger charge is 2.13. The van der Waals surface area contributed by atoms with Crippen LogP contribution in [0.2, 0.25) is 5.02 Å². The first-order valence-electron chi connectivity index (χ1n) is 7.43. The van der Waals surface area contributed by atoms with Crippen molar-refractivity contribution in [3.05, 3.63) is 58.4 Å². The minimum atomic E-state index is -0.582. The van der Waals surface area contributed by atoms with Crippen molar-refractivity contribution >= 4 is 29.2 Å². The Hall–Kier alpha value is -2.60. The number of hydrogen-bond acceptors (Lipinski definition) is 4. The summed E-state index contributed by atoms with van der Waals surface area (Å²) in [5.41, 5.74) is 1.80. The maximum atomic E-state index is 12.8. The van der Waals surface area contributed by atoms with Gasteiger partial charge in [-0.25, -0.2) is 4.39 Å². The molecule has 0 radical (unpaired) electrons. The number of ether oxygens (including phenoxy) is 2. The normalized spacial score (nSPS) is 10.2. The molecule has 0 aliphatic carbocycles. The fraction of sp³-hybridized carbons (Fsp3) is 0.222. The SMILES string of the molecule is COc1cc(Cl)c(C)cc1NC(=O)COC(=O)Cc1ccc(F)cc1. The number of esters is 1. The van der Waals surface area contributed by atoms with Gasteiger partial charge in [-0.15, -0.1) is 0 Å². The number of halogens is 2. The molecular weight excluding hydrogens is 349 g/mol. The number of rotatable bonds is 6. The summed E-state index contributed by atoms with van der Waals surface area (Å²) in [5.74, 6) is -1.07. The van der Waals surface area contributed by atoms with Crippen molar-refractivity contribution < 1.29 is 23.5 Å². The Labute approximate surface area is 149 Å². The molecule has 25 heavy (non-hydrogen) atoms. The standard InChI is InChI=1S/C18H17ClFNO4/c1-11-7-15(16(24-2)9-14(11)19)21-17(22)10-25-18(23)8-12-3-5-13(20)6-4-12/h3-7,9H,8,10H2,1-2H3,(H,21,22). The summed E-state index contributed by atoms with van der Waals surface area (Å²) >= 11 is 6.01. The molecule has 0 fully saturated rings. The molecule has 1 amide bonds. The summed E-state index contributed by atoms with van der Waals surface area (Å²) in [4.78, 5) is 23.7. The molecule has 0 aromatic heterocycles. The Morgan fingerprint density at radius 3 is 2.52 bits per heavy atom. The number of benzene rings is 2. The lowest BCUT2D eigenvalue weighted by atomic mass is 10.1. The summed E-state index contributed by atoms with van der Waals surface area (Å²) in [6.45, 7) is 1.35. The summed E-state index contributed by atoms with van der Waals surface area (Å²) in [6.07, 6.45) is -0.0447. The number of carbonyl (C=O) groups excluding carboxylic acids is 2. The van der Waals surface area contributed by atoms with Gasteiger partial charge in [0.15, 0.2) is 6.61 Å². The predicted octanol–water partition coefficient (Wildman–Crippen LogP) is 3.52. The Morgan fingerprint density at radius 2 is 1.88 bits per heavy atom. The van der Waals surface area contributed by atoms with Crippen LogP contribution in [0.3, 0.4) is 0 Å². The van der Waals surface area contributed by atoms with Crippen LogP contribution in [0.1, 0.15) is 11.1 Å². The van der Waals surface area contributed by atoms with E-state index in [0.29, 0.717) is 22.0 Å². The van der Waals surface area contributed by atoms with Crippen molar-refractivity contribution in [3.63, 3.8) is 0 Å². The van der Waals surface area contributed by atoms with Gasteiger partial charge in [-0.05, 0) is 36.2 Å². The van der Waals surface area contributed by atoms with Gasteiger partial charge in [0.25, 0.3) is 5.91 Å². The van der Waals surface area contributed by atoms with E-state index in [1.54, 1.807) is 19.1 Å². The highest BCUT2D eigenvalue weighted by molar-refractivity contribution is 6.31. The largest absolute Gasteiger partial charge is 0.495 e. The first-order valence-corrected chi connectivity index (χ1v) is 7.81. The second kappa shape index (κ2) is 8.48. The highest BCUT2D eigenvalue weighted by Crippen LogP contribution is 2.30. The molecule has 7 heteroatoms. The summed E-state index contributed by atoms with van der Waals surface area (Å²) in [6, 6.07) is 8.73. The number of amides is 1. The molecule has 2 rings (SSSR count). The van der Waals surface area contributed by atoms with E-state index in [-0.39, 0.29) is 12.2 Å². The van der Waals surface area contributed by atoms with Gasteiger partial charge in [-0.2, -0.15) is 0 Å². The number of anilines is 1. The van der Waals surface area contributed by atoms with Crippen LogP contribution < -0.4 is 10.1 Å². The minimum Gasteiger partial charge on any atom is -0.495 e. The van der Waals surface area contributed by atoms with Crippen LogP contribution in [0.4, 0.5) is 10.1 Å². The molecule has 2 aromatic rings. The molecular formula is C18H17ClFNO4. The van der Waals surface area contributed by atoms with Crippen molar-refractivity contribution in [3.8, 4) is 5.75 Å². The lowest BCUT2D eigenvalue weighted by Crippen LogP contribution is -2.22. The molecule has 0 bridgehead atoms. The monoisotopic (exact) mass is 365 g/mol. The fourth-order valence-corrected chi connectivity index (χ4v) is 2.24. The first kappa shape index (κ1) is 18.7. The minimum absolute atomic E-state index is 0.0447. The van der Waals surface area contributed by atoms with Crippen LogP contribution in [0.15, 0.2) is 36.4 Å². The van der Waals surface area contributed by atoms with Crippen LogP contribution in [-0.4, -0.2) is 25.6 Å². The number of nitrogens with one attached hydrogen (secondary N) is 1. The zero-order valence-electron chi connectivity index (χ0n) is 13.8. The topological polar surface area (TPSA) is 64.6 Å². The van der Waals surface area contributed by atoms with Crippen molar-refractivity contribution in [1.82, 2.24) is 0 Å². The number of aryl methyl sites for hydroxylation is 1. The molecule has 1 N–H and O–H groups in total. The molecule has 0 aliphatic heterocycles. The zero-order chi connectivity index (χ0) is 18.4. The van der Waals surface area contributed by atoms with Crippen LogP contribution in [-0.2, 0) is 20.7 Å². The van der Waals surface area contributed by atoms with Gasteiger partial charge in [-0.3, -0.25) is 9.59 Å². The van der Waals surface area contributed by atoms with Crippen LogP contribution >= 0.6 is 11.6 Å². The molecule has 0 saturated heterocycles. The van der Waals surface area contributed by atoms with Crippen molar-refractivity contribution in [2.75, 3.05) is 19.0 Å². The van der Waals surface area contributed by atoms with Crippen LogP contribution in [0.25, 0.3) is 0 Å². The lowest BCUT2D eigenvalue weighted by molar-refractivity contribution is -0.146. The molecule has 0 atom stereocenters. The summed E-state index contributed by atoms with van der Waals surface area (Å²) in [5, 5.41) is 3.12. The van der Waals surface area contributed by atoms with Crippen LogP contribution in [0.5, 0.6) is 5.75 Å². The van der Waals surface area contributed by atoms with Gasteiger partial charge in [0.1, 0.15) is 11.6 Å². The molecule has 0 heterocycles. The third-order valence-electron chi connectivity index (χ3n) is 3.38. The van der Waals surface area contributed by atoms with Gasteiger partial charge in [0, 0.05) is 11.1 Å². The maximum Gasteiger partial charge on any atom is 0.310 e. The quantitative estimate of drug-likeness (QED) is 0.795. The van der Waals surface area contributed by atoms with E-state index >= 15 is 0 Å². The predicted molar refractivity (Wildman–Crippen MR) is 92.4 cm³/mol. The Morgan fingerprint density at radius 1 is 1.20 bits per heavy atom. The molecule has 0 spiro atoms. The van der Waals surface area contributed by atoms with Gasteiger partial charge >= 0.3 is 5.97 Å². The Bertz CT molecular complexity index is 777. The maximum absolute atomic E-state index is 12.8. The van der Waals surface area contributed by atoms with E-state index < -0.39 is 18.5 Å². The molecule has 0 aliphatic rings. The summed E-state index contributed by atoms with van der Waals surface area (Å²) in [7, 11) is 1.46. The molecule has 5 nitrogen and oxygen atoms in total. The molecule has 0 saturated carbocycles. The first-order chi connectivity index (χ1) is 11.9. The Balaban J connectivity index is 1.89. The van der Waals surface area contributed by atoms with E-state index in [4.69, 9.17) is 21.1 Å². The van der Waals surface area contributed by atoms with E-state index in [2.05, 4.69) is 5.32 Å². The van der Waals surface area contributed by atoms with E-state index in [0.717, 1.165) is 5.56 Å². The van der Waals surface area contributed by atoms with Crippen molar-refractivity contribution in [2.24, 2.45) is 0 Å². The van der Waals surface area contributed by atoms with E-state index in [9.17, 15) is 14.0 Å². The van der Waals surface area contributed by atoms with Gasteiger partial charge in [0.2, 0.25) is 0 Å². The summed E-state index contributed by atoms with van der Waals surface area (Å²) < 4.78 is 22.9. The number of carbonyl (C=O) groups is 2. The van der Waals surface area contributed by atoms with E-state index in [1.165, 1.54) is 31.4 Å². The Kier molecular flexibility index (Phi) is 6.36. The number of hydrogen-bond donors (Lipinski definition) is 1. The van der Waals surface area contributed by atoms with Crippen molar-refractivity contribution in [1.29, 1.82) is 0 Å². The van der Waals surface area contributed by atoms with Crippen LogP contribution in [0, 0.1) is 12.7 Å². The van der Waals surface area contributed by atoms with Gasteiger partial charge < -0.3 is 14.8 Å². The third-order valence-corrected chi connectivity index (χ3v) is 3.79. The lowest BCUT2D eigenvalue weighted by Gasteiger charge is -2.12. The molecule has 0 unspecified atom stereocenters. The highest BCUT2D eigenvalue weighted by atomic mass is 35.5. The van der Waals surface area contributed by atoms with Gasteiger partial charge in [-0.1, -0.05) is 23.7 Å². The second-order valence-electron chi connectivity index (χ2n) is 5.31. The zero-order valence-corrected chi connectivity index (χ0v) is 14.5. The molecule has 132 valence electrons. The van der Waals surface area contributed by atoms with Crippen molar-refractivity contribution in [2.45, 2.75) is 13.3 Å². The van der Waals surface area contributed by atoms with E-state index in [1.807, 2.05) is 0 Å². The average molecular weight is 366 g/mol. The molecule has 2 aromatic carbocycles. The fourth-order valence-electron chi connectivity index (χ4n) is 2.08. The second-order valence-corrected chi connectivity index (χ2v) is 5.72. The van der Waals surface area contributed by atoms with Gasteiger partial charge in [0.05, 0.1) is 19.2 Å². The smallest absolute Gasteiger partial charge is 0.310 e. The third kappa shape index (κ3) is 5.46. The average Bonchev–Trinajstić information content (AvgIpc) is 2.58. The number of methoxy groups -OCH3 is 1.